The maximum Gasteiger partial charge on any atom is 0.162 e. The molecule has 0 aliphatic rings. The molecule has 0 saturated carbocycles. The van der Waals surface area contributed by atoms with E-state index in [4.69, 9.17) is 11.6 Å². The van der Waals surface area contributed by atoms with Gasteiger partial charge in [-0.15, -0.1) is 0 Å². The molecule has 0 heterocycles. The highest BCUT2D eigenvalue weighted by molar-refractivity contribution is 6.31. The first-order chi connectivity index (χ1) is 6.54. The van der Waals surface area contributed by atoms with Crippen LogP contribution in [0.1, 0.15) is 23.7 Å². The van der Waals surface area contributed by atoms with E-state index in [2.05, 4.69) is 0 Å². The fraction of sp³-hybridized carbons (Fsp3) is 0.364. The highest BCUT2D eigenvalue weighted by Crippen LogP contribution is 2.21. The van der Waals surface area contributed by atoms with E-state index < -0.39 is 0 Å². The zero-order chi connectivity index (χ0) is 10.7. The molecule has 14 heavy (non-hydrogen) atoms. The quantitative estimate of drug-likeness (QED) is 0.717. The minimum atomic E-state index is 0.121. The summed E-state index contributed by atoms with van der Waals surface area (Å²) < 4.78 is 0. The number of carbonyl (C=O) groups is 1. The van der Waals surface area contributed by atoms with Crippen molar-refractivity contribution < 1.29 is 4.79 Å². The SMILES string of the molecule is CCC(=O)c1cc(Cl)cc(N(C)C)c1. The molecule has 1 aromatic rings. The largest absolute Gasteiger partial charge is 0.378 e. The molecule has 76 valence electrons. The van der Waals surface area contributed by atoms with Crippen LogP contribution in [0.5, 0.6) is 0 Å². The van der Waals surface area contributed by atoms with Gasteiger partial charge in [0.2, 0.25) is 0 Å². The predicted molar refractivity (Wildman–Crippen MR) is 60.4 cm³/mol. The molecule has 0 atom stereocenters. The molecule has 0 fully saturated rings. The third-order valence-corrected chi connectivity index (χ3v) is 2.26. The van der Waals surface area contributed by atoms with E-state index in [-0.39, 0.29) is 5.78 Å². The van der Waals surface area contributed by atoms with Gasteiger partial charge in [0.05, 0.1) is 0 Å². The minimum Gasteiger partial charge on any atom is -0.378 e. The molecule has 0 aliphatic carbocycles. The summed E-state index contributed by atoms with van der Waals surface area (Å²) in [7, 11) is 3.84. The van der Waals surface area contributed by atoms with Crippen molar-refractivity contribution in [2.45, 2.75) is 13.3 Å². The maximum atomic E-state index is 11.5. The Labute approximate surface area is 89.5 Å². The summed E-state index contributed by atoms with van der Waals surface area (Å²) in [6.45, 7) is 1.85. The van der Waals surface area contributed by atoms with E-state index in [1.807, 2.05) is 38.1 Å². The Morgan fingerprint density at radius 2 is 2.00 bits per heavy atom. The van der Waals surface area contributed by atoms with Gasteiger partial charge < -0.3 is 4.90 Å². The van der Waals surface area contributed by atoms with Crippen LogP contribution in [-0.4, -0.2) is 19.9 Å². The van der Waals surface area contributed by atoms with Gasteiger partial charge in [0.1, 0.15) is 0 Å². The van der Waals surface area contributed by atoms with Crippen molar-refractivity contribution in [2.24, 2.45) is 0 Å². The standard InChI is InChI=1S/C11H14ClNO/c1-4-11(14)8-5-9(12)7-10(6-8)13(2)3/h5-7H,4H2,1-3H3. The second-order valence-electron chi connectivity index (χ2n) is 3.37. The first kappa shape index (κ1) is 11.1. The number of benzene rings is 1. The molecule has 0 aliphatic heterocycles. The smallest absolute Gasteiger partial charge is 0.162 e. The third-order valence-electron chi connectivity index (χ3n) is 2.04. The zero-order valence-corrected chi connectivity index (χ0v) is 9.43. The number of carbonyl (C=O) groups excluding carboxylic acids is 1. The molecule has 0 amide bonds. The van der Waals surface area contributed by atoms with E-state index in [1.54, 1.807) is 6.07 Å². The molecular formula is C11H14ClNO. The molecule has 0 spiro atoms. The van der Waals surface area contributed by atoms with Gasteiger partial charge in [-0.2, -0.15) is 0 Å². The molecule has 0 aromatic heterocycles. The average molecular weight is 212 g/mol. The van der Waals surface area contributed by atoms with Crippen LogP contribution in [0.2, 0.25) is 5.02 Å². The molecule has 0 N–H and O–H groups in total. The third kappa shape index (κ3) is 2.48. The van der Waals surface area contributed by atoms with Crippen LogP contribution >= 0.6 is 11.6 Å². The van der Waals surface area contributed by atoms with Crippen LogP contribution in [0, 0.1) is 0 Å². The van der Waals surface area contributed by atoms with Crippen molar-refractivity contribution in [3.05, 3.63) is 28.8 Å². The van der Waals surface area contributed by atoms with Crippen molar-refractivity contribution in [1.29, 1.82) is 0 Å². The Hall–Kier alpha value is -1.02. The number of rotatable bonds is 3. The van der Waals surface area contributed by atoms with E-state index in [0.29, 0.717) is 17.0 Å². The Balaban J connectivity index is 3.13. The number of Topliss-reactive ketones (excluding diaryl/α,β-unsaturated/α-hetero) is 1. The van der Waals surface area contributed by atoms with Gasteiger partial charge in [0.25, 0.3) is 0 Å². The lowest BCUT2D eigenvalue weighted by Crippen LogP contribution is -2.09. The van der Waals surface area contributed by atoms with Crippen LogP contribution in [0.15, 0.2) is 18.2 Å². The van der Waals surface area contributed by atoms with Crippen molar-refractivity contribution in [2.75, 3.05) is 19.0 Å². The predicted octanol–water partition coefficient (Wildman–Crippen LogP) is 3.00. The molecule has 0 radical (unpaired) electrons. The van der Waals surface area contributed by atoms with E-state index >= 15 is 0 Å². The summed E-state index contributed by atoms with van der Waals surface area (Å²) in [6, 6.07) is 5.41. The number of ketones is 1. The van der Waals surface area contributed by atoms with Gasteiger partial charge in [0, 0.05) is 36.8 Å². The van der Waals surface area contributed by atoms with Crippen LogP contribution in [0.4, 0.5) is 5.69 Å². The summed E-state index contributed by atoms with van der Waals surface area (Å²) in [5.41, 5.74) is 1.64. The van der Waals surface area contributed by atoms with Crippen LogP contribution in [0.3, 0.4) is 0 Å². The molecule has 2 nitrogen and oxygen atoms in total. The Morgan fingerprint density at radius 1 is 1.36 bits per heavy atom. The number of halogens is 1. The fourth-order valence-electron chi connectivity index (χ4n) is 1.20. The second kappa shape index (κ2) is 4.47. The topological polar surface area (TPSA) is 20.3 Å². The first-order valence-corrected chi connectivity index (χ1v) is 4.93. The van der Waals surface area contributed by atoms with Gasteiger partial charge in [-0.25, -0.2) is 0 Å². The van der Waals surface area contributed by atoms with Crippen LogP contribution in [0.25, 0.3) is 0 Å². The summed E-state index contributed by atoms with van der Waals surface area (Å²) in [5.74, 6) is 0.121. The van der Waals surface area contributed by atoms with Gasteiger partial charge in [-0.1, -0.05) is 18.5 Å². The molecule has 3 heteroatoms. The lowest BCUT2D eigenvalue weighted by Gasteiger charge is -2.13. The average Bonchev–Trinajstić information content (AvgIpc) is 2.15. The van der Waals surface area contributed by atoms with Crippen molar-refractivity contribution in [3.8, 4) is 0 Å². The maximum absolute atomic E-state index is 11.5. The molecule has 0 unspecified atom stereocenters. The fourth-order valence-corrected chi connectivity index (χ4v) is 1.43. The lowest BCUT2D eigenvalue weighted by atomic mass is 10.1. The highest BCUT2D eigenvalue weighted by atomic mass is 35.5. The minimum absolute atomic E-state index is 0.121. The van der Waals surface area contributed by atoms with E-state index in [1.165, 1.54) is 0 Å². The normalized spacial score (nSPS) is 10.0. The molecule has 1 rings (SSSR count). The molecule has 0 bridgehead atoms. The zero-order valence-electron chi connectivity index (χ0n) is 8.67. The number of hydrogen-bond donors (Lipinski definition) is 0. The second-order valence-corrected chi connectivity index (χ2v) is 3.81. The summed E-state index contributed by atoms with van der Waals surface area (Å²) in [4.78, 5) is 13.4. The number of anilines is 1. The Bertz CT molecular complexity index is 347. The number of nitrogens with zero attached hydrogens (tertiary/aromatic N) is 1. The van der Waals surface area contributed by atoms with E-state index in [9.17, 15) is 4.79 Å². The van der Waals surface area contributed by atoms with Crippen molar-refractivity contribution in [3.63, 3.8) is 0 Å². The molecule has 1 aromatic carbocycles. The molecule has 0 saturated heterocycles. The van der Waals surface area contributed by atoms with Gasteiger partial charge in [-0.05, 0) is 18.2 Å². The summed E-state index contributed by atoms with van der Waals surface area (Å²) in [6.07, 6.45) is 0.507. The van der Waals surface area contributed by atoms with Crippen molar-refractivity contribution >= 4 is 23.1 Å². The lowest BCUT2D eigenvalue weighted by molar-refractivity contribution is 0.0988. The van der Waals surface area contributed by atoms with Crippen LogP contribution in [-0.2, 0) is 0 Å². The Morgan fingerprint density at radius 3 is 2.50 bits per heavy atom. The monoisotopic (exact) mass is 211 g/mol. The number of hydrogen-bond acceptors (Lipinski definition) is 2. The summed E-state index contributed by atoms with van der Waals surface area (Å²) >= 11 is 5.92. The van der Waals surface area contributed by atoms with Gasteiger partial charge in [-0.3, -0.25) is 4.79 Å². The first-order valence-electron chi connectivity index (χ1n) is 4.55. The highest BCUT2D eigenvalue weighted by Gasteiger charge is 2.06. The van der Waals surface area contributed by atoms with Crippen molar-refractivity contribution in [1.82, 2.24) is 0 Å². The summed E-state index contributed by atoms with van der Waals surface area (Å²) in [5, 5.41) is 0.605. The molecular weight excluding hydrogens is 198 g/mol. The Kier molecular flexibility index (Phi) is 3.53. The van der Waals surface area contributed by atoms with Crippen LogP contribution < -0.4 is 4.90 Å². The van der Waals surface area contributed by atoms with E-state index in [0.717, 1.165) is 5.69 Å². The van der Waals surface area contributed by atoms with Gasteiger partial charge in [0.15, 0.2) is 5.78 Å². The van der Waals surface area contributed by atoms with Gasteiger partial charge >= 0.3 is 0 Å².